The molecule has 3 unspecified atom stereocenters. The van der Waals surface area contributed by atoms with Crippen molar-refractivity contribution in [2.24, 2.45) is 17.8 Å². The lowest BCUT2D eigenvalue weighted by molar-refractivity contribution is 0.0766. The van der Waals surface area contributed by atoms with Crippen LogP contribution in [0.2, 0.25) is 0 Å². The Labute approximate surface area is 418 Å². The van der Waals surface area contributed by atoms with Crippen LogP contribution in [0, 0.1) is 17.8 Å². The van der Waals surface area contributed by atoms with E-state index in [1.54, 1.807) is 11.3 Å². The Morgan fingerprint density at radius 3 is 1.57 bits per heavy atom. The molecule has 4 heterocycles. The number of fused-ring (bicyclic) bond motifs is 6. The third-order valence-electron chi connectivity index (χ3n) is 14.3. The van der Waals surface area contributed by atoms with E-state index in [4.69, 9.17) is 0 Å². The van der Waals surface area contributed by atoms with Crippen molar-refractivity contribution in [2.75, 3.05) is 13.6 Å². The van der Waals surface area contributed by atoms with Crippen LogP contribution in [0.4, 0.5) is 0 Å². The monoisotopic (exact) mass is 979 g/mol. The first-order valence-electron chi connectivity index (χ1n) is 25.5. The maximum atomic E-state index is 15.2. The summed E-state index contributed by atoms with van der Waals surface area (Å²) in [5.74, 6) is 1.41. The van der Waals surface area contributed by atoms with Crippen LogP contribution in [-0.4, -0.2) is 43.3 Å². The van der Waals surface area contributed by atoms with Gasteiger partial charge in [0.15, 0.2) is 18.9 Å². The Balaban J connectivity index is 1.69. The van der Waals surface area contributed by atoms with E-state index in [1.807, 2.05) is 37.1 Å². The van der Waals surface area contributed by atoms with E-state index >= 15 is 4.79 Å². The highest BCUT2D eigenvalue weighted by molar-refractivity contribution is 7.32. The lowest BCUT2D eigenvalue weighted by Crippen LogP contribution is -2.32. The van der Waals surface area contributed by atoms with Crippen molar-refractivity contribution in [1.29, 1.82) is 0 Å². The second-order valence-electron chi connectivity index (χ2n) is 20.6. The molecule has 6 aromatic rings. The van der Waals surface area contributed by atoms with E-state index in [2.05, 4.69) is 86.6 Å². The second-order valence-corrected chi connectivity index (χ2v) is 24.8. The summed E-state index contributed by atoms with van der Waals surface area (Å²) >= 11 is 6.42. The molecule has 0 saturated carbocycles. The standard InChI is InChI=1S/C58H77NO4S4/c1-13-19-22-36(16-4)25-39-27-41-42(28-40(39)26-37(17-5)23-20-14-2)44-30-49(58(9,10)11)65-53(44)52-43(41)29-48(64-52)56-50(57(63)59(12)31-38(18-6)24-21-15-3)47(34-62)55(67-56)54-46(33-61)45(32-60)51(66-54)35(7)8/h27-30,32-38H,13-26,31H2,1-12H3. The van der Waals surface area contributed by atoms with Crippen LogP contribution in [0.15, 0.2) is 24.3 Å². The second kappa shape index (κ2) is 23.4. The van der Waals surface area contributed by atoms with Gasteiger partial charge in [-0.15, -0.1) is 45.3 Å². The summed E-state index contributed by atoms with van der Waals surface area (Å²) < 4.78 is 2.48. The molecule has 5 nitrogen and oxygen atoms in total. The molecule has 0 spiro atoms. The molecular formula is C58H77NO4S4. The highest BCUT2D eigenvalue weighted by Crippen LogP contribution is 2.53. The van der Waals surface area contributed by atoms with E-state index in [0.717, 1.165) is 78.4 Å². The number of rotatable bonds is 25. The summed E-state index contributed by atoms with van der Waals surface area (Å²) in [4.78, 5) is 61.1. The number of hydrogen-bond acceptors (Lipinski definition) is 8. The van der Waals surface area contributed by atoms with Gasteiger partial charge < -0.3 is 4.90 Å². The van der Waals surface area contributed by atoms with Gasteiger partial charge in [0.1, 0.15) is 0 Å². The van der Waals surface area contributed by atoms with E-state index in [0.29, 0.717) is 56.3 Å². The molecule has 6 rings (SSSR count). The van der Waals surface area contributed by atoms with Gasteiger partial charge in [-0.3, -0.25) is 19.2 Å². The molecule has 4 aromatic heterocycles. The number of thiophene rings is 4. The van der Waals surface area contributed by atoms with Crippen molar-refractivity contribution in [3.63, 3.8) is 0 Å². The van der Waals surface area contributed by atoms with Gasteiger partial charge in [0.25, 0.3) is 5.91 Å². The minimum atomic E-state index is -0.185. The predicted molar refractivity (Wildman–Crippen MR) is 295 cm³/mol. The van der Waals surface area contributed by atoms with Crippen molar-refractivity contribution in [1.82, 2.24) is 4.90 Å². The van der Waals surface area contributed by atoms with Gasteiger partial charge in [0.2, 0.25) is 0 Å². The minimum absolute atomic E-state index is 0.00553. The first-order chi connectivity index (χ1) is 32.1. The number of carbonyl (C=O) groups is 4. The fraction of sp³-hybridized carbons (Fsp3) is 0.552. The van der Waals surface area contributed by atoms with E-state index in [-0.39, 0.29) is 17.2 Å². The van der Waals surface area contributed by atoms with E-state index in [9.17, 15) is 14.4 Å². The molecule has 9 heteroatoms. The van der Waals surface area contributed by atoms with E-state index in [1.165, 1.54) is 115 Å². The number of benzene rings is 2. The maximum Gasteiger partial charge on any atom is 0.255 e. The third kappa shape index (κ3) is 11.3. The molecule has 0 bridgehead atoms. The average Bonchev–Trinajstić information content (AvgIpc) is 4.12. The number of hydrogen-bond donors (Lipinski definition) is 0. The van der Waals surface area contributed by atoms with Gasteiger partial charge in [-0.1, -0.05) is 159 Å². The fourth-order valence-corrected chi connectivity index (χ4v) is 15.4. The number of nitrogens with zero attached hydrogens (tertiary/aromatic N) is 1. The highest BCUT2D eigenvalue weighted by atomic mass is 32.1. The van der Waals surface area contributed by atoms with Crippen LogP contribution in [0.5, 0.6) is 0 Å². The Morgan fingerprint density at radius 1 is 0.597 bits per heavy atom. The van der Waals surface area contributed by atoms with Crippen LogP contribution in [0.3, 0.4) is 0 Å². The summed E-state index contributed by atoms with van der Waals surface area (Å²) in [6.45, 7) is 25.2. The zero-order valence-electron chi connectivity index (χ0n) is 42.7. The molecule has 0 N–H and O–H groups in total. The van der Waals surface area contributed by atoms with Gasteiger partial charge in [-0.05, 0) is 82.4 Å². The first-order valence-corrected chi connectivity index (χ1v) is 28.8. The number of carbonyl (C=O) groups excluding carboxylic acids is 4. The van der Waals surface area contributed by atoms with Crippen molar-refractivity contribution in [2.45, 2.75) is 177 Å². The molecule has 67 heavy (non-hydrogen) atoms. The fourth-order valence-electron chi connectivity index (χ4n) is 10.0. The summed E-state index contributed by atoms with van der Waals surface area (Å²) in [7, 11) is 1.87. The summed E-state index contributed by atoms with van der Waals surface area (Å²) in [6.07, 6.45) is 18.4. The Kier molecular flexibility index (Phi) is 18.5. The summed E-state index contributed by atoms with van der Waals surface area (Å²) in [5.41, 5.74) is 4.29. The molecule has 362 valence electrons. The number of aldehydes is 3. The minimum Gasteiger partial charge on any atom is -0.341 e. The van der Waals surface area contributed by atoms with Crippen LogP contribution in [0.25, 0.3) is 50.5 Å². The van der Waals surface area contributed by atoms with Crippen LogP contribution >= 0.6 is 45.3 Å². The van der Waals surface area contributed by atoms with Gasteiger partial charge >= 0.3 is 0 Å². The normalized spacial score (nSPS) is 13.6. The van der Waals surface area contributed by atoms with E-state index < -0.39 is 0 Å². The topological polar surface area (TPSA) is 71.5 Å². The molecular weight excluding hydrogens is 903 g/mol. The van der Waals surface area contributed by atoms with Crippen LogP contribution in [0.1, 0.15) is 221 Å². The Hall–Kier alpha value is -3.50. The Morgan fingerprint density at radius 2 is 1.09 bits per heavy atom. The molecule has 0 aliphatic rings. The molecule has 1 amide bonds. The Bertz CT molecular complexity index is 2680. The smallest absolute Gasteiger partial charge is 0.255 e. The molecule has 0 aliphatic carbocycles. The molecule has 0 fully saturated rings. The first kappa shape index (κ1) is 52.9. The quantitative estimate of drug-likeness (QED) is 0.0536. The van der Waals surface area contributed by atoms with Crippen molar-refractivity contribution >= 4 is 101 Å². The zero-order valence-corrected chi connectivity index (χ0v) is 45.9. The van der Waals surface area contributed by atoms with Gasteiger partial charge in [0.05, 0.1) is 29.6 Å². The number of unbranched alkanes of at least 4 members (excludes halogenated alkanes) is 3. The van der Waals surface area contributed by atoms with Crippen molar-refractivity contribution < 1.29 is 19.2 Å². The molecule has 2 aromatic carbocycles. The van der Waals surface area contributed by atoms with Crippen LogP contribution in [-0.2, 0) is 18.3 Å². The van der Waals surface area contributed by atoms with Gasteiger partial charge in [-0.25, -0.2) is 0 Å². The third-order valence-corrected chi connectivity index (χ3v) is 20.3. The largest absolute Gasteiger partial charge is 0.341 e. The lowest BCUT2D eigenvalue weighted by atomic mass is 9.83. The SMILES string of the molecule is CCCCC(CC)Cc1cc2c(cc1CC(CC)CCCC)c1cc(C(C)(C)C)sc1c1sc(-c3sc(-c4sc(C(C)C)c(C=O)c4C=O)c(C=O)c3C(=O)N(C)CC(CC)CCCC)cc21. The lowest BCUT2D eigenvalue weighted by Gasteiger charge is -2.24. The molecule has 0 aliphatic heterocycles. The highest BCUT2D eigenvalue weighted by Gasteiger charge is 2.33. The number of amides is 1. The average molecular weight is 981 g/mol. The molecule has 0 radical (unpaired) electrons. The zero-order chi connectivity index (χ0) is 48.7. The van der Waals surface area contributed by atoms with Crippen molar-refractivity contribution in [3.05, 3.63) is 67.4 Å². The van der Waals surface area contributed by atoms with Gasteiger partial charge in [0, 0.05) is 55.7 Å². The predicted octanol–water partition coefficient (Wildman–Crippen LogP) is 18.4. The molecule has 0 saturated heterocycles. The van der Waals surface area contributed by atoms with Gasteiger partial charge in [-0.2, -0.15) is 0 Å². The summed E-state index contributed by atoms with van der Waals surface area (Å²) in [5, 5.41) is 5.04. The van der Waals surface area contributed by atoms with Crippen LogP contribution < -0.4 is 0 Å². The summed E-state index contributed by atoms with van der Waals surface area (Å²) in [6, 6.07) is 9.87. The maximum absolute atomic E-state index is 15.2. The van der Waals surface area contributed by atoms with Crippen molar-refractivity contribution in [3.8, 4) is 19.5 Å². The molecule has 3 atom stereocenters.